The lowest BCUT2D eigenvalue weighted by Crippen LogP contribution is -2.35. The first-order valence-electron chi connectivity index (χ1n) is 11.8. The summed E-state index contributed by atoms with van der Waals surface area (Å²) in [5.74, 6) is 0. The number of unbranched alkanes of at least 4 members (excludes halogenated alkanes) is 6. The molecular weight excluding hydrogens is 360 g/mol. The molecule has 2 aromatic rings. The van der Waals surface area contributed by atoms with Gasteiger partial charge in [-0.15, -0.1) is 0 Å². The lowest BCUT2D eigenvalue weighted by molar-refractivity contribution is 0.0728. The van der Waals surface area contributed by atoms with Crippen LogP contribution in [0.2, 0.25) is 0 Å². The van der Waals surface area contributed by atoms with Gasteiger partial charge in [0.25, 0.3) is 0 Å². The highest BCUT2D eigenvalue weighted by molar-refractivity contribution is 5.75. The van der Waals surface area contributed by atoms with Gasteiger partial charge in [0.05, 0.1) is 11.0 Å². The Bertz CT molecular complexity index is 773. The number of ether oxygens (including phenoxy) is 1. The molecule has 3 rings (SSSR count). The van der Waals surface area contributed by atoms with Crippen molar-refractivity contribution in [3.63, 3.8) is 0 Å². The van der Waals surface area contributed by atoms with E-state index in [1.807, 2.05) is 4.57 Å². The number of benzene rings is 1. The van der Waals surface area contributed by atoms with Crippen LogP contribution in [0.4, 0.5) is 0 Å². The minimum absolute atomic E-state index is 0.478. The molecule has 0 amide bonds. The molecule has 5 heteroatoms. The maximum Gasteiger partial charge on any atom is 0.204 e. The largest absolute Gasteiger partial charge is 0.361 e. The summed E-state index contributed by atoms with van der Waals surface area (Å²) >= 11 is 0. The van der Waals surface area contributed by atoms with Gasteiger partial charge in [0.1, 0.15) is 6.73 Å². The Hall–Kier alpha value is -1.59. The van der Waals surface area contributed by atoms with Gasteiger partial charge in [0.2, 0.25) is 5.62 Å². The van der Waals surface area contributed by atoms with E-state index in [2.05, 4.69) is 40.7 Å². The van der Waals surface area contributed by atoms with Crippen molar-refractivity contribution in [2.45, 2.75) is 84.4 Å². The van der Waals surface area contributed by atoms with Crippen LogP contribution < -0.4 is 5.62 Å². The zero-order valence-corrected chi connectivity index (χ0v) is 18.4. The number of aromatic nitrogens is 2. The molecule has 1 aliphatic heterocycles. The van der Waals surface area contributed by atoms with Crippen LogP contribution in [0, 0.1) is 5.41 Å². The molecular formula is C24H40N4O. The minimum Gasteiger partial charge on any atom is -0.361 e. The summed E-state index contributed by atoms with van der Waals surface area (Å²) in [6, 6.07) is 8.38. The first kappa shape index (κ1) is 22.1. The van der Waals surface area contributed by atoms with Gasteiger partial charge in [-0.05, 0) is 44.5 Å². The van der Waals surface area contributed by atoms with E-state index < -0.39 is 0 Å². The van der Waals surface area contributed by atoms with Gasteiger partial charge in [-0.25, -0.2) is 0 Å². The highest BCUT2D eigenvalue weighted by atomic mass is 16.5. The van der Waals surface area contributed by atoms with E-state index in [-0.39, 0.29) is 0 Å². The lowest BCUT2D eigenvalue weighted by Gasteiger charge is -2.26. The second-order valence-electron chi connectivity index (χ2n) is 8.45. The predicted molar refractivity (Wildman–Crippen MR) is 120 cm³/mol. The van der Waals surface area contributed by atoms with Crippen molar-refractivity contribution in [3.05, 3.63) is 29.9 Å². The smallest absolute Gasteiger partial charge is 0.204 e. The average Bonchev–Trinajstić information content (AvgIpc) is 3.03. The number of rotatable bonds is 13. The number of fused-ring (bicyclic) bond motifs is 1. The Morgan fingerprint density at radius 3 is 2.21 bits per heavy atom. The summed E-state index contributed by atoms with van der Waals surface area (Å²) in [4.78, 5) is 2.54. The van der Waals surface area contributed by atoms with E-state index in [1.54, 1.807) is 0 Å². The van der Waals surface area contributed by atoms with Crippen LogP contribution in [-0.2, 0) is 18.0 Å². The summed E-state index contributed by atoms with van der Waals surface area (Å²) in [5.41, 5.74) is 2.81. The van der Waals surface area contributed by atoms with Gasteiger partial charge in [-0.1, -0.05) is 64.0 Å². The summed E-state index contributed by atoms with van der Waals surface area (Å²) in [5, 5.41) is 8.73. The number of likely N-dealkylation sites (tertiary alicyclic amines) is 1. The van der Waals surface area contributed by atoms with Crippen molar-refractivity contribution in [1.82, 2.24) is 14.0 Å². The first-order chi connectivity index (χ1) is 14.3. The molecule has 2 heterocycles. The van der Waals surface area contributed by atoms with Crippen LogP contribution in [0.3, 0.4) is 0 Å². The maximum absolute atomic E-state index is 8.73. The molecule has 0 radical (unpaired) electrons. The Morgan fingerprint density at radius 2 is 1.48 bits per heavy atom. The van der Waals surface area contributed by atoms with E-state index in [0.717, 1.165) is 37.2 Å². The Labute approximate surface area is 176 Å². The van der Waals surface area contributed by atoms with Crippen LogP contribution in [0.1, 0.15) is 71.1 Å². The van der Waals surface area contributed by atoms with E-state index in [9.17, 15) is 0 Å². The monoisotopic (exact) mass is 400 g/mol. The van der Waals surface area contributed by atoms with Crippen molar-refractivity contribution in [3.8, 4) is 0 Å². The molecule has 5 nitrogen and oxygen atoms in total. The zero-order chi connectivity index (χ0) is 20.3. The molecule has 1 aliphatic rings. The lowest BCUT2D eigenvalue weighted by atomic mass is 10.1. The van der Waals surface area contributed by atoms with Crippen LogP contribution >= 0.6 is 0 Å². The van der Waals surface area contributed by atoms with Gasteiger partial charge < -0.3 is 14.2 Å². The van der Waals surface area contributed by atoms with Crippen molar-refractivity contribution in [2.75, 3.05) is 26.2 Å². The molecule has 0 atom stereocenters. The standard InChI is InChI=1S/C24H40N4O/c1-2-3-4-5-6-7-13-20-29-21-28-23-15-10-9-14-22(23)27(24(28)25)19-18-26-16-11-8-12-17-26/h9-10,14-15,25H,2-8,11-13,16-21H2,1H3. The molecule has 1 fully saturated rings. The molecule has 0 unspecified atom stereocenters. The van der Waals surface area contributed by atoms with E-state index in [0.29, 0.717) is 12.3 Å². The van der Waals surface area contributed by atoms with Crippen molar-refractivity contribution >= 4 is 11.0 Å². The van der Waals surface area contributed by atoms with Crippen LogP contribution in [0.25, 0.3) is 11.0 Å². The van der Waals surface area contributed by atoms with Gasteiger partial charge in [-0.3, -0.25) is 9.98 Å². The molecule has 0 saturated carbocycles. The normalized spacial score (nSPS) is 15.3. The average molecular weight is 401 g/mol. The zero-order valence-electron chi connectivity index (χ0n) is 18.4. The number of para-hydroxylation sites is 2. The molecule has 0 spiro atoms. The fraction of sp³-hybridized carbons (Fsp3) is 0.708. The van der Waals surface area contributed by atoms with Crippen LogP contribution in [-0.4, -0.2) is 40.3 Å². The number of nitrogens with one attached hydrogen (secondary N) is 1. The van der Waals surface area contributed by atoms with E-state index in [1.165, 1.54) is 70.9 Å². The first-order valence-corrected chi connectivity index (χ1v) is 11.8. The molecule has 0 aliphatic carbocycles. The number of imidazole rings is 1. The summed E-state index contributed by atoms with van der Waals surface area (Å²) in [6.45, 7) is 7.84. The van der Waals surface area contributed by atoms with Gasteiger partial charge in [0, 0.05) is 19.7 Å². The molecule has 1 saturated heterocycles. The number of hydrogen-bond donors (Lipinski definition) is 1. The SMILES string of the molecule is CCCCCCCCCOCn1c(=N)n(CCN2CCCCC2)c2ccccc21. The quantitative estimate of drug-likeness (QED) is 0.474. The van der Waals surface area contributed by atoms with Crippen molar-refractivity contribution in [2.24, 2.45) is 0 Å². The van der Waals surface area contributed by atoms with Crippen LogP contribution in [0.15, 0.2) is 24.3 Å². The highest BCUT2D eigenvalue weighted by Crippen LogP contribution is 2.14. The minimum atomic E-state index is 0.478. The molecule has 1 N–H and O–H groups in total. The highest BCUT2D eigenvalue weighted by Gasteiger charge is 2.13. The molecule has 1 aromatic heterocycles. The third-order valence-electron chi connectivity index (χ3n) is 6.18. The summed E-state index contributed by atoms with van der Waals surface area (Å²) in [7, 11) is 0. The number of piperidine rings is 1. The second kappa shape index (κ2) is 12.2. The van der Waals surface area contributed by atoms with Crippen molar-refractivity contribution in [1.29, 1.82) is 5.41 Å². The molecule has 29 heavy (non-hydrogen) atoms. The van der Waals surface area contributed by atoms with Crippen LogP contribution in [0.5, 0.6) is 0 Å². The van der Waals surface area contributed by atoms with Gasteiger partial charge in [-0.2, -0.15) is 0 Å². The predicted octanol–water partition coefficient (Wildman–Crippen LogP) is 5.13. The fourth-order valence-electron chi connectivity index (χ4n) is 4.39. The van der Waals surface area contributed by atoms with E-state index in [4.69, 9.17) is 10.1 Å². The second-order valence-corrected chi connectivity index (χ2v) is 8.45. The third kappa shape index (κ3) is 6.45. The van der Waals surface area contributed by atoms with Crippen molar-refractivity contribution < 1.29 is 4.74 Å². The molecule has 162 valence electrons. The Balaban J connectivity index is 1.51. The van der Waals surface area contributed by atoms with Gasteiger partial charge in [0.15, 0.2) is 0 Å². The number of hydrogen-bond acceptors (Lipinski definition) is 3. The number of nitrogens with zero attached hydrogens (tertiary/aromatic N) is 3. The van der Waals surface area contributed by atoms with E-state index >= 15 is 0 Å². The third-order valence-corrected chi connectivity index (χ3v) is 6.18. The summed E-state index contributed by atoms with van der Waals surface area (Å²) in [6.07, 6.45) is 13.1. The fourth-order valence-corrected chi connectivity index (χ4v) is 4.39. The van der Waals surface area contributed by atoms with Gasteiger partial charge >= 0.3 is 0 Å². The Kier molecular flexibility index (Phi) is 9.29. The molecule has 1 aromatic carbocycles. The molecule has 0 bridgehead atoms. The maximum atomic E-state index is 8.73. The Morgan fingerprint density at radius 1 is 0.828 bits per heavy atom. The summed E-state index contributed by atoms with van der Waals surface area (Å²) < 4.78 is 10.1. The topological polar surface area (TPSA) is 46.2 Å².